The molecule has 0 radical (unpaired) electrons. The van der Waals surface area contributed by atoms with Gasteiger partial charge in [-0.3, -0.25) is 9.69 Å². The lowest BCUT2D eigenvalue weighted by molar-refractivity contribution is -0.134. The maximum atomic E-state index is 12.9. The van der Waals surface area contributed by atoms with Crippen molar-refractivity contribution < 1.29 is 18.0 Å². The van der Waals surface area contributed by atoms with E-state index in [1.807, 2.05) is 11.0 Å². The molecule has 2 saturated heterocycles. The summed E-state index contributed by atoms with van der Waals surface area (Å²) in [5.74, 6) is -0.153. The summed E-state index contributed by atoms with van der Waals surface area (Å²) in [5.41, 5.74) is -0.334. The van der Waals surface area contributed by atoms with Crippen molar-refractivity contribution in [2.75, 3.05) is 32.8 Å². The van der Waals surface area contributed by atoms with Crippen LogP contribution in [0, 0.1) is 11.3 Å². The van der Waals surface area contributed by atoms with Gasteiger partial charge in [0.2, 0.25) is 10.0 Å². The van der Waals surface area contributed by atoms with Crippen LogP contribution >= 0.6 is 0 Å². The average molecular weight is 432 g/mol. The Morgan fingerprint density at radius 3 is 2.23 bits per heavy atom. The smallest absolute Gasteiger partial charge is 0.323 e. The molecule has 1 saturated carbocycles. The number of sulfonamides is 1. The van der Waals surface area contributed by atoms with E-state index in [4.69, 9.17) is 5.26 Å². The standard InChI is InChI=1S/C20H25N5O4S/c21-14-16-4-6-17(7-5-16)30(28,29)24-12-10-23(11-13-24)15-25-18(26)20(22-19(25)27)8-2-1-3-9-20/h4-7H,1-3,8-13,15H2,(H,22,27). The van der Waals surface area contributed by atoms with Gasteiger partial charge in [-0.2, -0.15) is 9.57 Å². The minimum Gasteiger partial charge on any atom is -0.323 e. The Hall–Kier alpha value is -2.48. The van der Waals surface area contributed by atoms with E-state index >= 15 is 0 Å². The lowest BCUT2D eigenvalue weighted by Gasteiger charge is -2.35. The Balaban J connectivity index is 1.37. The molecule has 0 aromatic heterocycles. The van der Waals surface area contributed by atoms with E-state index in [2.05, 4.69) is 5.32 Å². The fourth-order valence-electron chi connectivity index (χ4n) is 4.46. The fraction of sp³-hybridized carbons (Fsp3) is 0.550. The number of imide groups is 1. The van der Waals surface area contributed by atoms with E-state index in [-0.39, 0.29) is 36.6 Å². The van der Waals surface area contributed by atoms with Crippen LogP contribution in [0.2, 0.25) is 0 Å². The topological polar surface area (TPSA) is 114 Å². The van der Waals surface area contributed by atoms with Crippen molar-refractivity contribution in [3.63, 3.8) is 0 Å². The van der Waals surface area contributed by atoms with E-state index in [1.165, 1.54) is 33.5 Å². The van der Waals surface area contributed by atoms with Gasteiger partial charge in [-0.15, -0.1) is 0 Å². The maximum absolute atomic E-state index is 12.9. The number of nitrogens with zero attached hydrogens (tertiary/aromatic N) is 4. The largest absolute Gasteiger partial charge is 0.326 e. The maximum Gasteiger partial charge on any atom is 0.326 e. The van der Waals surface area contributed by atoms with E-state index in [9.17, 15) is 18.0 Å². The molecule has 1 N–H and O–H groups in total. The molecule has 0 atom stereocenters. The van der Waals surface area contributed by atoms with Gasteiger partial charge in [0.1, 0.15) is 5.54 Å². The summed E-state index contributed by atoms with van der Waals surface area (Å²) in [6, 6.07) is 7.48. The number of rotatable bonds is 4. The van der Waals surface area contributed by atoms with Crippen LogP contribution in [0.25, 0.3) is 0 Å². The van der Waals surface area contributed by atoms with Crippen LogP contribution < -0.4 is 5.32 Å². The summed E-state index contributed by atoms with van der Waals surface area (Å²) in [6.45, 7) is 1.59. The SMILES string of the molecule is N#Cc1ccc(S(=O)(=O)N2CCN(CN3C(=O)NC4(CCCCC4)C3=O)CC2)cc1. The first kappa shape index (κ1) is 20.8. The number of carbonyl (C=O) groups excluding carboxylic acids is 2. The molecule has 3 amide bonds. The van der Waals surface area contributed by atoms with Gasteiger partial charge in [-0.1, -0.05) is 19.3 Å². The van der Waals surface area contributed by atoms with E-state index in [0.717, 1.165) is 19.3 Å². The molecular formula is C20H25N5O4S. The van der Waals surface area contributed by atoms with Crippen LogP contribution in [0.3, 0.4) is 0 Å². The summed E-state index contributed by atoms with van der Waals surface area (Å²) >= 11 is 0. The quantitative estimate of drug-likeness (QED) is 0.714. The normalized spacial score (nSPS) is 22.8. The van der Waals surface area contributed by atoms with Crippen molar-refractivity contribution in [3.8, 4) is 6.07 Å². The Morgan fingerprint density at radius 2 is 1.63 bits per heavy atom. The third-order valence-electron chi connectivity index (χ3n) is 6.25. The number of hydrogen-bond acceptors (Lipinski definition) is 6. The molecule has 1 spiro atoms. The molecule has 0 unspecified atom stereocenters. The molecule has 9 nitrogen and oxygen atoms in total. The molecule has 0 bridgehead atoms. The van der Waals surface area contributed by atoms with Crippen molar-refractivity contribution >= 4 is 22.0 Å². The number of urea groups is 1. The molecule has 30 heavy (non-hydrogen) atoms. The third-order valence-corrected chi connectivity index (χ3v) is 8.16. The minimum atomic E-state index is -3.64. The molecule has 160 valence electrons. The van der Waals surface area contributed by atoms with Gasteiger partial charge in [0.25, 0.3) is 5.91 Å². The first-order valence-electron chi connectivity index (χ1n) is 10.2. The summed E-state index contributed by atoms with van der Waals surface area (Å²) in [7, 11) is -3.64. The zero-order valence-corrected chi connectivity index (χ0v) is 17.5. The molecule has 2 aliphatic heterocycles. The fourth-order valence-corrected chi connectivity index (χ4v) is 5.88. The van der Waals surface area contributed by atoms with Gasteiger partial charge in [0.15, 0.2) is 0 Å². The molecule has 1 aromatic carbocycles. The van der Waals surface area contributed by atoms with Gasteiger partial charge >= 0.3 is 6.03 Å². The second-order valence-corrected chi connectivity index (χ2v) is 10.0. The summed E-state index contributed by atoms with van der Waals surface area (Å²) in [5, 5.41) is 11.8. The van der Waals surface area contributed by atoms with Crippen molar-refractivity contribution in [3.05, 3.63) is 29.8 Å². The second kappa shape index (κ2) is 7.98. The highest BCUT2D eigenvalue weighted by Gasteiger charge is 2.51. The van der Waals surface area contributed by atoms with Gasteiger partial charge in [0.05, 0.1) is 23.2 Å². The van der Waals surface area contributed by atoms with Crippen LogP contribution in [0.15, 0.2) is 29.2 Å². The molecule has 1 aromatic rings. The van der Waals surface area contributed by atoms with Crippen LogP contribution in [0.4, 0.5) is 4.79 Å². The van der Waals surface area contributed by atoms with Crippen LogP contribution in [0.5, 0.6) is 0 Å². The Labute approximate surface area is 176 Å². The van der Waals surface area contributed by atoms with Gasteiger partial charge in [-0.25, -0.2) is 18.1 Å². The van der Waals surface area contributed by atoms with E-state index in [1.54, 1.807) is 0 Å². The second-order valence-electron chi connectivity index (χ2n) is 8.11. The molecule has 1 aliphatic carbocycles. The highest BCUT2D eigenvalue weighted by molar-refractivity contribution is 7.89. The zero-order chi connectivity index (χ0) is 21.4. The zero-order valence-electron chi connectivity index (χ0n) is 16.7. The summed E-state index contributed by atoms with van der Waals surface area (Å²) in [4.78, 5) is 28.7. The number of nitriles is 1. The molecule has 2 heterocycles. The van der Waals surface area contributed by atoms with Gasteiger partial charge in [-0.05, 0) is 37.1 Å². The lowest BCUT2D eigenvalue weighted by atomic mass is 9.82. The molecule has 3 fully saturated rings. The molecule has 10 heteroatoms. The Kier molecular flexibility index (Phi) is 5.53. The van der Waals surface area contributed by atoms with Gasteiger partial charge in [0, 0.05) is 26.2 Å². The van der Waals surface area contributed by atoms with Crippen molar-refractivity contribution in [1.82, 2.24) is 19.4 Å². The third kappa shape index (κ3) is 3.69. The number of benzene rings is 1. The predicted octanol–water partition coefficient (Wildman–Crippen LogP) is 1.08. The van der Waals surface area contributed by atoms with Crippen molar-refractivity contribution in [2.24, 2.45) is 0 Å². The first-order chi connectivity index (χ1) is 14.4. The Morgan fingerprint density at radius 1 is 1.00 bits per heavy atom. The molecule has 4 rings (SSSR count). The highest BCUT2D eigenvalue weighted by Crippen LogP contribution is 2.33. The number of amides is 3. The number of hydrogen-bond donors (Lipinski definition) is 1. The summed E-state index contributed by atoms with van der Waals surface area (Å²) < 4.78 is 27.1. The summed E-state index contributed by atoms with van der Waals surface area (Å²) in [6.07, 6.45) is 4.33. The van der Waals surface area contributed by atoms with E-state index in [0.29, 0.717) is 31.5 Å². The van der Waals surface area contributed by atoms with Crippen LogP contribution in [0.1, 0.15) is 37.7 Å². The number of carbonyl (C=O) groups is 2. The van der Waals surface area contributed by atoms with Crippen molar-refractivity contribution in [2.45, 2.75) is 42.5 Å². The van der Waals surface area contributed by atoms with Gasteiger partial charge < -0.3 is 5.32 Å². The molecule has 3 aliphatic rings. The van der Waals surface area contributed by atoms with E-state index < -0.39 is 15.6 Å². The lowest BCUT2D eigenvalue weighted by Crippen LogP contribution is -2.53. The van der Waals surface area contributed by atoms with Crippen LogP contribution in [-0.4, -0.2) is 72.8 Å². The van der Waals surface area contributed by atoms with Crippen molar-refractivity contribution in [1.29, 1.82) is 5.26 Å². The molecular weight excluding hydrogens is 406 g/mol. The first-order valence-corrected chi connectivity index (χ1v) is 11.7. The minimum absolute atomic E-state index is 0.153. The monoisotopic (exact) mass is 431 g/mol. The Bertz CT molecular complexity index is 971. The van der Waals surface area contributed by atoms with Crippen LogP contribution in [-0.2, 0) is 14.8 Å². The predicted molar refractivity (Wildman–Crippen MR) is 108 cm³/mol. The highest BCUT2D eigenvalue weighted by atomic mass is 32.2. The average Bonchev–Trinajstić information content (AvgIpc) is 2.98. The number of nitrogens with one attached hydrogen (secondary N) is 1. The number of piperazine rings is 1.